The molecule has 0 aliphatic heterocycles. The maximum atomic E-state index is 11.5. The van der Waals surface area contributed by atoms with Gasteiger partial charge in [0.15, 0.2) is 0 Å². The van der Waals surface area contributed by atoms with Crippen LogP contribution in [0.4, 0.5) is 0 Å². The van der Waals surface area contributed by atoms with Crippen LogP contribution in [0.15, 0.2) is 12.1 Å². The molecule has 0 saturated carbocycles. The first-order valence-corrected chi connectivity index (χ1v) is 4.85. The van der Waals surface area contributed by atoms with Crippen molar-refractivity contribution in [2.45, 2.75) is 6.92 Å². The van der Waals surface area contributed by atoms with Crippen LogP contribution in [-0.4, -0.2) is 24.4 Å². The van der Waals surface area contributed by atoms with Gasteiger partial charge in [0.05, 0.1) is 9.21 Å². The molecule has 66 valence electrons. The number of halogens is 1. The van der Waals surface area contributed by atoms with E-state index < -0.39 is 0 Å². The Labute approximate surface area is 80.8 Å². The van der Waals surface area contributed by atoms with E-state index in [1.807, 2.05) is 6.92 Å². The van der Waals surface area contributed by atoms with Crippen molar-refractivity contribution in [1.82, 2.24) is 4.90 Å². The zero-order chi connectivity index (χ0) is 9.14. The van der Waals surface area contributed by atoms with Gasteiger partial charge in [0.25, 0.3) is 5.91 Å². The third kappa shape index (κ3) is 1.99. The normalized spacial score (nSPS) is 9.92. The van der Waals surface area contributed by atoms with Gasteiger partial charge in [-0.15, -0.1) is 11.3 Å². The highest BCUT2D eigenvalue weighted by atomic mass is 35.5. The third-order valence-electron chi connectivity index (χ3n) is 1.61. The van der Waals surface area contributed by atoms with Crippen molar-refractivity contribution in [3.05, 3.63) is 21.3 Å². The van der Waals surface area contributed by atoms with Crippen LogP contribution in [0.25, 0.3) is 0 Å². The predicted molar refractivity (Wildman–Crippen MR) is 52.0 cm³/mol. The molecule has 1 aromatic heterocycles. The molecule has 0 spiro atoms. The quantitative estimate of drug-likeness (QED) is 0.723. The minimum absolute atomic E-state index is 0.0365. The van der Waals surface area contributed by atoms with Crippen molar-refractivity contribution < 1.29 is 4.79 Å². The molecule has 0 atom stereocenters. The van der Waals surface area contributed by atoms with E-state index in [0.29, 0.717) is 15.8 Å². The molecular formula is C8H10ClNOS. The molecule has 0 aromatic carbocycles. The van der Waals surface area contributed by atoms with Gasteiger partial charge in [-0.2, -0.15) is 0 Å². The molecule has 1 aromatic rings. The molecule has 0 unspecified atom stereocenters. The Morgan fingerprint density at radius 2 is 2.33 bits per heavy atom. The molecule has 12 heavy (non-hydrogen) atoms. The molecule has 2 nitrogen and oxygen atoms in total. The summed E-state index contributed by atoms with van der Waals surface area (Å²) in [5.41, 5.74) is 0. The summed E-state index contributed by atoms with van der Waals surface area (Å²) < 4.78 is 0.655. The first-order valence-electron chi connectivity index (χ1n) is 3.66. The number of rotatable bonds is 2. The Morgan fingerprint density at radius 3 is 2.75 bits per heavy atom. The number of nitrogens with zero attached hydrogens (tertiary/aromatic N) is 1. The topological polar surface area (TPSA) is 20.3 Å². The smallest absolute Gasteiger partial charge is 0.263 e. The highest BCUT2D eigenvalue weighted by Crippen LogP contribution is 2.22. The summed E-state index contributed by atoms with van der Waals surface area (Å²) >= 11 is 7.01. The van der Waals surface area contributed by atoms with E-state index in [4.69, 9.17) is 11.6 Å². The van der Waals surface area contributed by atoms with Gasteiger partial charge in [-0.05, 0) is 19.1 Å². The van der Waals surface area contributed by atoms with Crippen LogP contribution in [0, 0.1) is 0 Å². The molecule has 0 bridgehead atoms. The van der Waals surface area contributed by atoms with E-state index in [1.54, 1.807) is 24.1 Å². The molecule has 0 N–H and O–H groups in total. The summed E-state index contributed by atoms with van der Waals surface area (Å²) in [5, 5.41) is 0. The zero-order valence-electron chi connectivity index (χ0n) is 7.00. The van der Waals surface area contributed by atoms with Crippen molar-refractivity contribution in [2.75, 3.05) is 13.6 Å². The average Bonchev–Trinajstić information content (AvgIpc) is 2.49. The molecule has 0 fully saturated rings. The second kappa shape index (κ2) is 3.92. The summed E-state index contributed by atoms with van der Waals surface area (Å²) in [6.07, 6.45) is 0. The van der Waals surface area contributed by atoms with Crippen molar-refractivity contribution in [3.8, 4) is 0 Å². The lowest BCUT2D eigenvalue weighted by atomic mass is 10.4. The molecular weight excluding hydrogens is 194 g/mol. The maximum absolute atomic E-state index is 11.5. The van der Waals surface area contributed by atoms with Gasteiger partial charge < -0.3 is 4.90 Å². The van der Waals surface area contributed by atoms with E-state index in [9.17, 15) is 4.79 Å². The minimum atomic E-state index is 0.0365. The lowest BCUT2D eigenvalue weighted by molar-refractivity contribution is 0.0807. The Bertz CT molecular complexity index is 284. The zero-order valence-corrected chi connectivity index (χ0v) is 8.58. The predicted octanol–water partition coefficient (Wildman–Crippen LogP) is 2.49. The summed E-state index contributed by atoms with van der Waals surface area (Å²) in [5.74, 6) is 0.0365. The second-order valence-corrected chi connectivity index (χ2v) is 4.14. The molecule has 1 rings (SSSR count). The van der Waals surface area contributed by atoms with E-state index in [0.717, 1.165) is 0 Å². The standard InChI is InChI=1S/C8H10ClNOS/c1-3-10(2)8(11)6-4-5-7(9)12-6/h4-5H,3H2,1-2H3. The lowest BCUT2D eigenvalue weighted by Gasteiger charge is -2.12. The van der Waals surface area contributed by atoms with Gasteiger partial charge >= 0.3 is 0 Å². The van der Waals surface area contributed by atoms with E-state index >= 15 is 0 Å². The van der Waals surface area contributed by atoms with E-state index in [2.05, 4.69) is 0 Å². The Balaban J connectivity index is 2.78. The van der Waals surface area contributed by atoms with E-state index in [1.165, 1.54) is 11.3 Å². The number of carbonyl (C=O) groups is 1. The van der Waals surface area contributed by atoms with Gasteiger partial charge in [-0.1, -0.05) is 11.6 Å². The highest BCUT2D eigenvalue weighted by Gasteiger charge is 2.11. The van der Waals surface area contributed by atoms with Crippen LogP contribution >= 0.6 is 22.9 Å². The first-order chi connectivity index (χ1) is 5.65. The summed E-state index contributed by atoms with van der Waals surface area (Å²) in [4.78, 5) is 13.8. The number of thiophene rings is 1. The molecule has 1 amide bonds. The fourth-order valence-corrected chi connectivity index (χ4v) is 1.80. The molecule has 1 heterocycles. The Hall–Kier alpha value is -0.540. The second-order valence-electron chi connectivity index (χ2n) is 2.42. The highest BCUT2D eigenvalue weighted by molar-refractivity contribution is 7.17. The molecule has 4 heteroatoms. The van der Waals surface area contributed by atoms with Crippen LogP contribution in [0.1, 0.15) is 16.6 Å². The van der Waals surface area contributed by atoms with Crippen LogP contribution in [0.2, 0.25) is 4.34 Å². The molecule has 0 aliphatic rings. The average molecular weight is 204 g/mol. The monoisotopic (exact) mass is 203 g/mol. The van der Waals surface area contributed by atoms with Gasteiger partial charge in [0, 0.05) is 13.6 Å². The lowest BCUT2D eigenvalue weighted by Crippen LogP contribution is -2.25. The number of hydrogen-bond donors (Lipinski definition) is 0. The minimum Gasteiger partial charge on any atom is -0.341 e. The van der Waals surface area contributed by atoms with Crippen LogP contribution < -0.4 is 0 Å². The Kier molecular flexibility index (Phi) is 3.12. The van der Waals surface area contributed by atoms with E-state index in [-0.39, 0.29) is 5.91 Å². The SMILES string of the molecule is CCN(C)C(=O)c1ccc(Cl)s1. The Morgan fingerprint density at radius 1 is 1.67 bits per heavy atom. The number of amides is 1. The third-order valence-corrected chi connectivity index (χ3v) is 2.82. The first kappa shape index (κ1) is 9.55. The molecule has 0 saturated heterocycles. The summed E-state index contributed by atoms with van der Waals surface area (Å²) in [6, 6.07) is 3.49. The van der Waals surface area contributed by atoms with Gasteiger partial charge in [-0.25, -0.2) is 0 Å². The fourth-order valence-electron chi connectivity index (χ4n) is 0.761. The molecule has 0 aliphatic carbocycles. The van der Waals surface area contributed by atoms with Crippen LogP contribution in [0.3, 0.4) is 0 Å². The molecule has 0 radical (unpaired) electrons. The van der Waals surface area contributed by atoms with Crippen molar-refractivity contribution >= 4 is 28.8 Å². The van der Waals surface area contributed by atoms with Gasteiger partial charge in [0.2, 0.25) is 0 Å². The summed E-state index contributed by atoms with van der Waals surface area (Å²) in [7, 11) is 1.77. The van der Waals surface area contributed by atoms with Crippen molar-refractivity contribution in [2.24, 2.45) is 0 Å². The van der Waals surface area contributed by atoms with Crippen molar-refractivity contribution in [3.63, 3.8) is 0 Å². The van der Waals surface area contributed by atoms with Crippen molar-refractivity contribution in [1.29, 1.82) is 0 Å². The largest absolute Gasteiger partial charge is 0.341 e. The number of hydrogen-bond acceptors (Lipinski definition) is 2. The van der Waals surface area contributed by atoms with Gasteiger partial charge in [-0.3, -0.25) is 4.79 Å². The van der Waals surface area contributed by atoms with Gasteiger partial charge in [0.1, 0.15) is 0 Å². The summed E-state index contributed by atoms with van der Waals surface area (Å²) in [6.45, 7) is 2.65. The van der Waals surface area contributed by atoms with Crippen LogP contribution in [0.5, 0.6) is 0 Å². The number of carbonyl (C=O) groups excluding carboxylic acids is 1. The maximum Gasteiger partial charge on any atom is 0.263 e. The fraction of sp³-hybridized carbons (Fsp3) is 0.375. The van der Waals surface area contributed by atoms with Crippen LogP contribution in [-0.2, 0) is 0 Å².